The minimum absolute atomic E-state index is 1.02. The maximum absolute atomic E-state index is 4.13. The smallest absolute Gasteiger partial charge is 0.0753 e. The van der Waals surface area contributed by atoms with Crippen LogP contribution in [0, 0.1) is 0 Å². The number of benzene rings is 1. The van der Waals surface area contributed by atoms with Crippen LogP contribution in [0.1, 0.15) is 11.1 Å². The third kappa shape index (κ3) is 3.03. The van der Waals surface area contributed by atoms with Gasteiger partial charge in [0, 0.05) is 12.4 Å². The second kappa shape index (κ2) is 5.71. The normalized spacial score (nSPS) is 10.5. The largest absolute Gasteiger partial charge is 0.264 e. The van der Waals surface area contributed by atoms with E-state index < -0.39 is 0 Å². The molecule has 0 fully saturated rings. The summed E-state index contributed by atoms with van der Waals surface area (Å²) in [6.45, 7) is 0. The lowest BCUT2D eigenvalue weighted by atomic mass is 10.0. The summed E-state index contributed by atoms with van der Waals surface area (Å²) < 4.78 is 3.88. The lowest BCUT2D eigenvalue weighted by Gasteiger charge is -2.03. The highest BCUT2D eigenvalue weighted by Crippen LogP contribution is 2.22. The Kier molecular flexibility index (Phi) is 3.61. The van der Waals surface area contributed by atoms with E-state index in [0.717, 1.165) is 17.7 Å². The zero-order chi connectivity index (χ0) is 12.9. The third-order valence-electron chi connectivity index (χ3n) is 3.02. The first kappa shape index (κ1) is 12.0. The molecule has 19 heavy (non-hydrogen) atoms. The molecular weight excluding hydrogens is 254 g/mol. The molecular formula is C15H13N3S. The van der Waals surface area contributed by atoms with Crippen LogP contribution in [0.15, 0.2) is 55.0 Å². The van der Waals surface area contributed by atoms with Gasteiger partial charge in [-0.15, -0.1) is 5.10 Å². The van der Waals surface area contributed by atoms with Crippen molar-refractivity contribution in [1.82, 2.24) is 14.6 Å². The van der Waals surface area contributed by atoms with Gasteiger partial charge >= 0.3 is 0 Å². The second-order valence-electron chi connectivity index (χ2n) is 4.34. The molecule has 4 heteroatoms. The molecule has 0 spiro atoms. The van der Waals surface area contributed by atoms with Gasteiger partial charge in [0.05, 0.1) is 11.1 Å². The van der Waals surface area contributed by atoms with Gasteiger partial charge in [0.15, 0.2) is 0 Å². The lowest BCUT2D eigenvalue weighted by Crippen LogP contribution is -1.91. The van der Waals surface area contributed by atoms with E-state index in [0.29, 0.717) is 0 Å². The van der Waals surface area contributed by atoms with Gasteiger partial charge < -0.3 is 0 Å². The van der Waals surface area contributed by atoms with Crippen LogP contribution in [0.2, 0.25) is 0 Å². The van der Waals surface area contributed by atoms with Crippen molar-refractivity contribution in [3.05, 3.63) is 66.1 Å². The van der Waals surface area contributed by atoms with E-state index in [2.05, 4.69) is 44.9 Å². The van der Waals surface area contributed by atoms with E-state index in [-0.39, 0.29) is 0 Å². The van der Waals surface area contributed by atoms with Crippen molar-refractivity contribution in [3.8, 4) is 10.4 Å². The van der Waals surface area contributed by atoms with Gasteiger partial charge in [0.2, 0.25) is 0 Å². The molecule has 0 radical (unpaired) electrons. The molecule has 0 N–H and O–H groups in total. The number of aromatic nitrogens is 3. The van der Waals surface area contributed by atoms with Crippen molar-refractivity contribution < 1.29 is 0 Å². The monoisotopic (exact) mass is 267 g/mol. The van der Waals surface area contributed by atoms with Crippen molar-refractivity contribution in [1.29, 1.82) is 0 Å². The lowest BCUT2D eigenvalue weighted by molar-refractivity contribution is 0.950. The summed E-state index contributed by atoms with van der Waals surface area (Å²) in [5, 5.41) is 3.86. The number of nitrogens with zero attached hydrogens (tertiary/aromatic N) is 3. The molecule has 0 atom stereocenters. The first-order valence-electron chi connectivity index (χ1n) is 6.17. The maximum atomic E-state index is 4.13. The fourth-order valence-corrected chi connectivity index (χ4v) is 2.48. The Hall–Kier alpha value is -2.07. The van der Waals surface area contributed by atoms with Crippen LogP contribution in [-0.4, -0.2) is 14.6 Å². The van der Waals surface area contributed by atoms with Crippen LogP contribution in [-0.2, 0) is 12.8 Å². The van der Waals surface area contributed by atoms with Gasteiger partial charge in [0.25, 0.3) is 0 Å². The average Bonchev–Trinajstić information content (AvgIpc) is 3.01. The van der Waals surface area contributed by atoms with Crippen molar-refractivity contribution >= 4 is 11.5 Å². The molecule has 2 aromatic heterocycles. The van der Waals surface area contributed by atoms with Crippen LogP contribution in [0.5, 0.6) is 0 Å². The average molecular weight is 267 g/mol. The van der Waals surface area contributed by atoms with Crippen LogP contribution >= 0.6 is 11.5 Å². The highest BCUT2D eigenvalue weighted by Gasteiger charge is 2.01. The van der Waals surface area contributed by atoms with E-state index in [9.17, 15) is 0 Å². The van der Waals surface area contributed by atoms with Gasteiger partial charge in [0.1, 0.15) is 0 Å². The molecule has 0 bridgehead atoms. The quantitative estimate of drug-likeness (QED) is 0.727. The Balaban J connectivity index is 1.67. The summed E-state index contributed by atoms with van der Waals surface area (Å²) in [6, 6.07) is 12.7. The summed E-state index contributed by atoms with van der Waals surface area (Å²) >= 11 is 1.42. The van der Waals surface area contributed by atoms with Gasteiger partial charge in [-0.3, -0.25) is 4.98 Å². The first-order chi connectivity index (χ1) is 9.42. The van der Waals surface area contributed by atoms with Gasteiger partial charge in [-0.1, -0.05) is 34.8 Å². The second-order valence-corrected chi connectivity index (χ2v) is 5.13. The molecule has 0 unspecified atom stereocenters. The SMILES string of the molecule is c1cncc(CCc2ccc(-c3cnns3)cc2)c1. The molecule has 3 rings (SSSR count). The topological polar surface area (TPSA) is 38.7 Å². The number of hydrogen-bond acceptors (Lipinski definition) is 4. The Labute approximate surface area is 116 Å². The number of rotatable bonds is 4. The first-order valence-corrected chi connectivity index (χ1v) is 6.95. The molecule has 0 aliphatic heterocycles. The van der Waals surface area contributed by atoms with Gasteiger partial charge in [-0.2, -0.15) is 0 Å². The fourth-order valence-electron chi connectivity index (χ4n) is 1.96. The zero-order valence-electron chi connectivity index (χ0n) is 10.4. The van der Waals surface area contributed by atoms with E-state index in [1.807, 2.05) is 12.3 Å². The van der Waals surface area contributed by atoms with Crippen LogP contribution in [0.3, 0.4) is 0 Å². The molecule has 94 valence electrons. The molecule has 1 aromatic carbocycles. The van der Waals surface area contributed by atoms with Crippen LogP contribution in [0.25, 0.3) is 10.4 Å². The maximum Gasteiger partial charge on any atom is 0.0753 e. The highest BCUT2D eigenvalue weighted by molar-refractivity contribution is 7.09. The van der Waals surface area contributed by atoms with E-state index in [1.54, 1.807) is 12.4 Å². The number of pyridine rings is 1. The minimum atomic E-state index is 1.02. The molecule has 0 aliphatic rings. The summed E-state index contributed by atoms with van der Waals surface area (Å²) in [4.78, 5) is 5.24. The van der Waals surface area contributed by atoms with Crippen molar-refractivity contribution in [2.24, 2.45) is 0 Å². The third-order valence-corrected chi connectivity index (χ3v) is 3.74. The van der Waals surface area contributed by atoms with E-state index in [1.165, 1.54) is 28.2 Å². The zero-order valence-corrected chi connectivity index (χ0v) is 11.2. The number of hydrogen-bond donors (Lipinski definition) is 0. The Morgan fingerprint density at radius 3 is 2.42 bits per heavy atom. The molecule has 0 aliphatic carbocycles. The summed E-state index contributed by atoms with van der Waals surface area (Å²) in [5.41, 5.74) is 3.79. The summed E-state index contributed by atoms with van der Waals surface area (Å²) in [5.74, 6) is 0. The molecule has 0 amide bonds. The minimum Gasteiger partial charge on any atom is -0.264 e. The molecule has 2 heterocycles. The highest BCUT2D eigenvalue weighted by atomic mass is 32.1. The van der Waals surface area contributed by atoms with Gasteiger partial charge in [-0.05, 0) is 47.1 Å². The predicted octanol–water partition coefficient (Wildman–Crippen LogP) is 3.39. The predicted molar refractivity (Wildman–Crippen MR) is 77.0 cm³/mol. The van der Waals surface area contributed by atoms with E-state index in [4.69, 9.17) is 0 Å². The van der Waals surface area contributed by atoms with Crippen molar-refractivity contribution in [2.75, 3.05) is 0 Å². The molecule has 0 saturated heterocycles. The van der Waals surface area contributed by atoms with E-state index >= 15 is 0 Å². The van der Waals surface area contributed by atoms with Crippen LogP contribution in [0.4, 0.5) is 0 Å². The Morgan fingerprint density at radius 1 is 0.895 bits per heavy atom. The number of aryl methyl sites for hydroxylation is 2. The Morgan fingerprint density at radius 2 is 1.74 bits per heavy atom. The standard InChI is InChI=1S/C15H13N3S/c1-2-13(10-16-9-1)4-3-12-5-7-14(8-6-12)15-11-17-18-19-15/h1-2,5-11H,3-4H2. The fraction of sp³-hybridized carbons (Fsp3) is 0.133. The summed E-state index contributed by atoms with van der Waals surface area (Å²) in [7, 11) is 0. The molecule has 3 nitrogen and oxygen atoms in total. The van der Waals surface area contributed by atoms with Crippen molar-refractivity contribution in [3.63, 3.8) is 0 Å². The molecule has 3 aromatic rings. The van der Waals surface area contributed by atoms with Crippen LogP contribution < -0.4 is 0 Å². The molecule has 0 saturated carbocycles. The van der Waals surface area contributed by atoms with Crippen molar-refractivity contribution in [2.45, 2.75) is 12.8 Å². The summed E-state index contributed by atoms with van der Waals surface area (Å²) in [6.07, 6.45) is 7.59. The van der Waals surface area contributed by atoms with Gasteiger partial charge in [-0.25, -0.2) is 0 Å². The Bertz CT molecular complexity index is 618.